The molecule has 2 rings (SSSR count). The second-order valence-corrected chi connectivity index (χ2v) is 4.70. The topological polar surface area (TPSA) is 34.1 Å². The van der Waals surface area contributed by atoms with Gasteiger partial charge in [-0.25, -0.2) is 4.98 Å². The molecule has 0 atom stereocenters. The second-order valence-electron chi connectivity index (χ2n) is 4.34. The van der Waals surface area contributed by atoms with E-state index in [4.69, 9.17) is 11.6 Å². The molecular formula is C14H12ClF3N2O. The molecule has 7 heteroatoms. The Kier molecular flexibility index (Phi) is 4.57. The number of hydrogen-bond acceptors (Lipinski definition) is 3. The van der Waals surface area contributed by atoms with Crippen molar-refractivity contribution < 1.29 is 17.9 Å². The van der Waals surface area contributed by atoms with Crippen LogP contribution in [0.1, 0.15) is 11.1 Å². The Morgan fingerprint density at radius 2 is 2.00 bits per heavy atom. The molecule has 1 heterocycles. The van der Waals surface area contributed by atoms with E-state index in [9.17, 15) is 13.2 Å². The van der Waals surface area contributed by atoms with E-state index in [0.717, 1.165) is 5.56 Å². The van der Waals surface area contributed by atoms with E-state index in [1.165, 1.54) is 18.3 Å². The SMILES string of the molecule is Cc1cc(NCc2ccccc2OC(F)(F)F)cnc1Cl. The van der Waals surface area contributed by atoms with Crippen molar-refractivity contribution in [3.8, 4) is 5.75 Å². The Hall–Kier alpha value is -1.95. The minimum absolute atomic E-state index is 0.176. The van der Waals surface area contributed by atoms with Crippen molar-refractivity contribution in [3.63, 3.8) is 0 Å². The molecule has 0 fully saturated rings. The fourth-order valence-electron chi connectivity index (χ4n) is 1.73. The van der Waals surface area contributed by atoms with Crippen molar-refractivity contribution in [2.45, 2.75) is 19.8 Å². The van der Waals surface area contributed by atoms with Crippen molar-refractivity contribution in [3.05, 3.63) is 52.8 Å². The third-order valence-corrected chi connectivity index (χ3v) is 3.09. The summed E-state index contributed by atoms with van der Waals surface area (Å²) in [6.07, 6.45) is -3.20. The molecule has 21 heavy (non-hydrogen) atoms. The number of anilines is 1. The van der Waals surface area contributed by atoms with Gasteiger partial charge in [-0.05, 0) is 24.6 Å². The Bertz CT molecular complexity index is 632. The first kappa shape index (κ1) is 15.4. The van der Waals surface area contributed by atoms with Crippen LogP contribution in [0.4, 0.5) is 18.9 Å². The van der Waals surface area contributed by atoms with Crippen LogP contribution < -0.4 is 10.1 Å². The summed E-state index contributed by atoms with van der Waals surface area (Å²) in [7, 11) is 0. The lowest BCUT2D eigenvalue weighted by Crippen LogP contribution is -2.18. The van der Waals surface area contributed by atoms with Crippen LogP contribution >= 0.6 is 11.6 Å². The first-order chi connectivity index (χ1) is 9.85. The van der Waals surface area contributed by atoms with E-state index in [1.807, 2.05) is 0 Å². The van der Waals surface area contributed by atoms with Gasteiger partial charge in [0.25, 0.3) is 0 Å². The molecule has 0 saturated heterocycles. The molecule has 112 valence electrons. The molecule has 0 spiro atoms. The Morgan fingerprint density at radius 3 is 2.67 bits per heavy atom. The van der Waals surface area contributed by atoms with E-state index in [2.05, 4.69) is 15.0 Å². The number of halogens is 4. The minimum atomic E-state index is -4.71. The van der Waals surface area contributed by atoms with Gasteiger partial charge in [-0.1, -0.05) is 29.8 Å². The lowest BCUT2D eigenvalue weighted by atomic mass is 10.2. The molecule has 0 aliphatic rings. The molecular weight excluding hydrogens is 305 g/mol. The Balaban J connectivity index is 2.11. The van der Waals surface area contributed by atoms with Gasteiger partial charge < -0.3 is 10.1 Å². The third kappa shape index (κ3) is 4.53. The molecule has 1 aromatic heterocycles. The largest absolute Gasteiger partial charge is 0.573 e. The summed E-state index contributed by atoms with van der Waals surface area (Å²) in [5.74, 6) is -0.226. The van der Waals surface area contributed by atoms with E-state index < -0.39 is 6.36 Å². The lowest BCUT2D eigenvalue weighted by molar-refractivity contribution is -0.274. The van der Waals surface area contributed by atoms with Crippen LogP contribution in [-0.2, 0) is 6.54 Å². The van der Waals surface area contributed by atoms with Gasteiger partial charge in [0.15, 0.2) is 0 Å². The molecule has 2 aromatic rings. The zero-order valence-electron chi connectivity index (χ0n) is 11.0. The molecule has 0 amide bonds. The van der Waals surface area contributed by atoms with Gasteiger partial charge >= 0.3 is 6.36 Å². The lowest BCUT2D eigenvalue weighted by Gasteiger charge is -2.14. The number of benzene rings is 1. The molecule has 0 bridgehead atoms. The van der Waals surface area contributed by atoms with Crippen LogP contribution in [0, 0.1) is 6.92 Å². The average Bonchev–Trinajstić information content (AvgIpc) is 2.40. The maximum Gasteiger partial charge on any atom is 0.573 e. The highest BCUT2D eigenvalue weighted by Crippen LogP contribution is 2.27. The highest BCUT2D eigenvalue weighted by molar-refractivity contribution is 6.30. The summed E-state index contributed by atoms with van der Waals surface area (Å²) in [5, 5.41) is 3.38. The normalized spacial score (nSPS) is 11.3. The minimum Gasteiger partial charge on any atom is -0.405 e. The first-order valence-electron chi connectivity index (χ1n) is 6.05. The van der Waals surface area contributed by atoms with Gasteiger partial charge in [-0.15, -0.1) is 13.2 Å². The number of para-hydroxylation sites is 1. The number of rotatable bonds is 4. The summed E-state index contributed by atoms with van der Waals surface area (Å²) in [6.45, 7) is 1.97. The fraction of sp³-hybridized carbons (Fsp3) is 0.214. The number of hydrogen-bond donors (Lipinski definition) is 1. The Labute approximate surface area is 124 Å². The molecule has 0 unspecified atom stereocenters. The maximum absolute atomic E-state index is 12.3. The number of aryl methyl sites for hydroxylation is 1. The number of pyridine rings is 1. The molecule has 0 aliphatic heterocycles. The van der Waals surface area contributed by atoms with Crippen molar-refractivity contribution in [1.29, 1.82) is 0 Å². The molecule has 1 N–H and O–H groups in total. The van der Waals surface area contributed by atoms with Crippen molar-refractivity contribution in [2.24, 2.45) is 0 Å². The summed E-state index contributed by atoms with van der Waals surface area (Å²) in [6, 6.07) is 7.73. The van der Waals surface area contributed by atoms with Crippen LogP contribution in [0.25, 0.3) is 0 Å². The molecule has 0 aliphatic carbocycles. The fourth-order valence-corrected chi connectivity index (χ4v) is 1.83. The average molecular weight is 317 g/mol. The van der Waals surface area contributed by atoms with E-state index in [-0.39, 0.29) is 12.3 Å². The van der Waals surface area contributed by atoms with Crippen molar-refractivity contribution in [2.75, 3.05) is 5.32 Å². The highest BCUT2D eigenvalue weighted by atomic mass is 35.5. The van der Waals surface area contributed by atoms with Crippen LogP contribution in [0.5, 0.6) is 5.75 Å². The number of aromatic nitrogens is 1. The quantitative estimate of drug-likeness (QED) is 0.840. The summed E-state index contributed by atoms with van der Waals surface area (Å²) in [5.41, 5.74) is 1.84. The number of nitrogens with one attached hydrogen (secondary N) is 1. The molecule has 0 radical (unpaired) electrons. The summed E-state index contributed by atoms with van der Waals surface area (Å²) in [4.78, 5) is 3.96. The van der Waals surface area contributed by atoms with Gasteiger partial charge in [0.1, 0.15) is 10.9 Å². The van der Waals surface area contributed by atoms with Crippen molar-refractivity contribution in [1.82, 2.24) is 4.98 Å². The zero-order chi connectivity index (χ0) is 15.5. The van der Waals surface area contributed by atoms with Gasteiger partial charge in [-0.2, -0.15) is 0 Å². The van der Waals surface area contributed by atoms with Gasteiger partial charge in [0.2, 0.25) is 0 Å². The van der Waals surface area contributed by atoms with Crippen LogP contribution in [0.3, 0.4) is 0 Å². The van der Waals surface area contributed by atoms with E-state index >= 15 is 0 Å². The number of alkyl halides is 3. The molecule has 3 nitrogen and oxygen atoms in total. The summed E-state index contributed by atoms with van der Waals surface area (Å²) < 4.78 is 40.9. The predicted octanol–water partition coefficient (Wildman–Crippen LogP) is 4.55. The standard InChI is InChI=1S/C14H12ClF3N2O/c1-9-6-11(8-20-13(9)15)19-7-10-4-2-3-5-12(10)21-14(16,17)18/h2-6,8,19H,7H2,1H3. The highest BCUT2D eigenvalue weighted by Gasteiger charge is 2.31. The Morgan fingerprint density at radius 1 is 1.29 bits per heavy atom. The van der Waals surface area contributed by atoms with Gasteiger partial charge in [-0.3, -0.25) is 0 Å². The first-order valence-corrected chi connectivity index (χ1v) is 6.42. The summed E-state index contributed by atoms with van der Waals surface area (Å²) >= 11 is 5.81. The van der Waals surface area contributed by atoms with E-state index in [1.54, 1.807) is 25.1 Å². The van der Waals surface area contributed by atoms with Gasteiger partial charge in [0, 0.05) is 12.1 Å². The molecule has 1 aromatic carbocycles. The number of ether oxygens (including phenoxy) is 1. The van der Waals surface area contributed by atoms with Gasteiger partial charge in [0.05, 0.1) is 11.9 Å². The van der Waals surface area contributed by atoms with Crippen LogP contribution in [-0.4, -0.2) is 11.3 Å². The van der Waals surface area contributed by atoms with Crippen LogP contribution in [0.2, 0.25) is 5.15 Å². The second kappa shape index (κ2) is 6.22. The molecule has 0 saturated carbocycles. The van der Waals surface area contributed by atoms with E-state index in [0.29, 0.717) is 16.4 Å². The van der Waals surface area contributed by atoms with Crippen LogP contribution in [0.15, 0.2) is 36.5 Å². The third-order valence-electron chi connectivity index (χ3n) is 2.70. The predicted molar refractivity (Wildman–Crippen MR) is 74.4 cm³/mol. The maximum atomic E-state index is 12.3. The number of nitrogens with zero attached hydrogens (tertiary/aromatic N) is 1. The monoisotopic (exact) mass is 316 g/mol. The smallest absolute Gasteiger partial charge is 0.405 e. The van der Waals surface area contributed by atoms with Crippen molar-refractivity contribution >= 4 is 17.3 Å². The zero-order valence-corrected chi connectivity index (χ0v) is 11.8.